The minimum Gasteiger partial charge on any atom is -0.319 e. The Hall–Kier alpha value is -3.41. The monoisotopic (exact) mass is 345 g/mol. The van der Waals surface area contributed by atoms with Gasteiger partial charge in [0, 0.05) is 18.9 Å². The first-order valence-electron chi connectivity index (χ1n) is 8.41. The first-order valence-corrected chi connectivity index (χ1v) is 8.41. The molecule has 4 rings (SSSR count). The molecular formula is C20H19N5O. The average Bonchev–Trinajstić information content (AvgIpc) is 3.22. The van der Waals surface area contributed by atoms with Crippen molar-refractivity contribution in [3.63, 3.8) is 0 Å². The minimum absolute atomic E-state index is 0.180. The fourth-order valence-electron chi connectivity index (χ4n) is 3.04. The van der Waals surface area contributed by atoms with Crippen LogP contribution in [0.2, 0.25) is 0 Å². The maximum atomic E-state index is 12.4. The van der Waals surface area contributed by atoms with E-state index in [-0.39, 0.29) is 5.91 Å². The lowest BCUT2D eigenvalue weighted by molar-refractivity contribution is 0.102. The summed E-state index contributed by atoms with van der Waals surface area (Å²) >= 11 is 0. The summed E-state index contributed by atoms with van der Waals surface area (Å²) in [6.07, 6.45) is 5.07. The van der Waals surface area contributed by atoms with Crippen molar-refractivity contribution in [2.75, 3.05) is 5.32 Å². The van der Waals surface area contributed by atoms with Gasteiger partial charge in [0.1, 0.15) is 0 Å². The van der Waals surface area contributed by atoms with Gasteiger partial charge in [-0.15, -0.1) is 0 Å². The van der Waals surface area contributed by atoms with E-state index in [0.29, 0.717) is 17.8 Å². The zero-order chi connectivity index (χ0) is 18.1. The van der Waals surface area contributed by atoms with Gasteiger partial charge in [0.15, 0.2) is 0 Å². The van der Waals surface area contributed by atoms with E-state index < -0.39 is 0 Å². The van der Waals surface area contributed by atoms with E-state index in [0.717, 1.165) is 5.69 Å². The van der Waals surface area contributed by atoms with E-state index in [1.807, 2.05) is 37.0 Å². The van der Waals surface area contributed by atoms with Crippen molar-refractivity contribution in [3.8, 4) is 0 Å². The molecule has 2 heterocycles. The lowest BCUT2D eigenvalue weighted by Crippen LogP contribution is -2.12. The van der Waals surface area contributed by atoms with Gasteiger partial charge >= 0.3 is 0 Å². The SMILES string of the molecule is Cc1c(C(=O)Nc2cnn(Cc3cccc4ccccc34)c2)cnn1C. The third kappa shape index (κ3) is 2.97. The van der Waals surface area contributed by atoms with Crippen LogP contribution in [0.3, 0.4) is 0 Å². The predicted molar refractivity (Wildman–Crippen MR) is 101 cm³/mol. The summed E-state index contributed by atoms with van der Waals surface area (Å²) in [5.74, 6) is -0.180. The number of hydrogen-bond acceptors (Lipinski definition) is 3. The van der Waals surface area contributed by atoms with Crippen molar-refractivity contribution >= 4 is 22.4 Å². The Kier molecular flexibility index (Phi) is 4.01. The van der Waals surface area contributed by atoms with Gasteiger partial charge in [-0.3, -0.25) is 14.2 Å². The van der Waals surface area contributed by atoms with E-state index in [1.165, 1.54) is 16.3 Å². The van der Waals surface area contributed by atoms with Gasteiger partial charge in [-0.1, -0.05) is 42.5 Å². The molecule has 0 aliphatic carbocycles. The van der Waals surface area contributed by atoms with Gasteiger partial charge in [0.25, 0.3) is 5.91 Å². The number of rotatable bonds is 4. The molecule has 1 N–H and O–H groups in total. The summed E-state index contributed by atoms with van der Waals surface area (Å²) in [4.78, 5) is 12.4. The van der Waals surface area contributed by atoms with Gasteiger partial charge in [0.2, 0.25) is 0 Å². The first-order chi connectivity index (χ1) is 12.6. The number of nitrogens with one attached hydrogen (secondary N) is 1. The van der Waals surface area contributed by atoms with Gasteiger partial charge in [-0.25, -0.2) is 0 Å². The molecule has 0 bridgehead atoms. The van der Waals surface area contributed by atoms with Crippen LogP contribution in [0.5, 0.6) is 0 Å². The van der Waals surface area contributed by atoms with Crippen LogP contribution in [-0.4, -0.2) is 25.5 Å². The molecule has 0 unspecified atom stereocenters. The number of nitrogens with zero attached hydrogens (tertiary/aromatic N) is 4. The van der Waals surface area contributed by atoms with Crippen LogP contribution < -0.4 is 5.32 Å². The molecule has 6 heteroatoms. The second-order valence-electron chi connectivity index (χ2n) is 6.29. The number of carbonyl (C=O) groups is 1. The molecule has 4 aromatic rings. The quantitative estimate of drug-likeness (QED) is 0.617. The molecule has 0 aliphatic heterocycles. The largest absolute Gasteiger partial charge is 0.319 e. The summed E-state index contributed by atoms with van der Waals surface area (Å²) in [5.41, 5.74) is 3.24. The highest BCUT2D eigenvalue weighted by atomic mass is 16.1. The van der Waals surface area contributed by atoms with Crippen LogP contribution in [0.25, 0.3) is 10.8 Å². The Balaban J connectivity index is 1.53. The number of aryl methyl sites for hydroxylation is 1. The zero-order valence-electron chi connectivity index (χ0n) is 14.7. The molecule has 6 nitrogen and oxygen atoms in total. The smallest absolute Gasteiger partial charge is 0.259 e. The highest BCUT2D eigenvalue weighted by Gasteiger charge is 2.13. The lowest BCUT2D eigenvalue weighted by atomic mass is 10.0. The van der Waals surface area contributed by atoms with E-state index in [1.54, 1.807) is 17.1 Å². The number of hydrogen-bond donors (Lipinski definition) is 1. The van der Waals surface area contributed by atoms with Crippen LogP contribution >= 0.6 is 0 Å². The van der Waals surface area contributed by atoms with Crippen molar-refractivity contribution in [3.05, 3.63) is 77.9 Å². The summed E-state index contributed by atoms with van der Waals surface area (Å²) < 4.78 is 3.51. The van der Waals surface area contributed by atoms with Crippen molar-refractivity contribution in [2.24, 2.45) is 7.05 Å². The van der Waals surface area contributed by atoms with E-state index in [4.69, 9.17) is 0 Å². The lowest BCUT2D eigenvalue weighted by Gasteiger charge is -2.06. The Morgan fingerprint density at radius 2 is 1.88 bits per heavy atom. The molecule has 2 aromatic carbocycles. The number of amides is 1. The maximum Gasteiger partial charge on any atom is 0.259 e. The van der Waals surface area contributed by atoms with Crippen LogP contribution in [0.15, 0.2) is 61.1 Å². The molecule has 0 atom stereocenters. The van der Waals surface area contributed by atoms with Gasteiger partial charge < -0.3 is 5.32 Å². The Morgan fingerprint density at radius 3 is 2.69 bits per heavy atom. The van der Waals surface area contributed by atoms with Crippen LogP contribution in [0.4, 0.5) is 5.69 Å². The number of aromatic nitrogens is 4. The zero-order valence-corrected chi connectivity index (χ0v) is 14.7. The number of benzene rings is 2. The van der Waals surface area contributed by atoms with Crippen LogP contribution in [-0.2, 0) is 13.6 Å². The van der Waals surface area contributed by atoms with Crippen molar-refractivity contribution in [1.29, 1.82) is 0 Å². The molecule has 0 fully saturated rings. The van der Waals surface area contributed by atoms with Crippen LogP contribution in [0.1, 0.15) is 21.6 Å². The highest BCUT2D eigenvalue weighted by Crippen LogP contribution is 2.20. The van der Waals surface area contributed by atoms with Crippen molar-refractivity contribution in [1.82, 2.24) is 19.6 Å². The summed E-state index contributed by atoms with van der Waals surface area (Å²) in [5, 5.41) is 13.8. The summed E-state index contributed by atoms with van der Waals surface area (Å²) in [6, 6.07) is 14.5. The molecular weight excluding hydrogens is 326 g/mol. The second-order valence-corrected chi connectivity index (χ2v) is 6.29. The van der Waals surface area contributed by atoms with E-state index in [9.17, 15) is 4.79 Å². The molecule has 0 spiro atoms. The molecule has 2 aromatic heterocycles. The van der Waals surface area contributed by atoms with E-state index >= 15 is 0 Å². The normalized spacial score (nSPS) is 11.0. The summed E-state index contributed by atoms with van der Waals surface area (Å²) in [7, 11) is 1.81. The fraction of sp³-hybridized carbons (Fsp3) is 0.150. The molecule has 0 radical (unpaired) electrons. The molecule has 130 valence electrons. The standard InChI is InChI=1S/C20H19N5O/c1-14-19(11-21-24(14)2)20(26)23-17-10-22-25(13-17)12-16-8-5-7-15-6-3-4-9-18(15)16/h3-11,13H,12H2,1-2H3,(H,23,26). The average molecular weight is 345 g/mol. The van der Waals surface area contributed by atoms with Gasteiger partial charge in [-0.05, 0) is 23.3 Å². The Morgan fingerprint density at radius 1 is 1.08 bits per heavy atom. The molecule has 26 heavy (non-hydrogen) atoms. The maximum absolute atomic E-state index is 12.4. The van der Waals surface area contributed by atoms with E-state index in [2.05, 4.69) is 45.8 Å². The topological polar surface area (TPSA) is 64.7 Å². The molecule has 1 amide bonds. The second kappa shape index (κ2) is 6.48. The third-order valence-electron chi connectivity index (χ3n) is 4.58. The fourth-order valence-corrected chi connectivity index (χ4v) is 3.04. The number of fused-ring (bicyclic) bond motifs is 1. The Bertz CT molecular complexity index is 1090. The van der Waals surface area contributed by atoms with Crippen molar-refractivity contribution in [2.45, 2.75) is 13.5 Å². The first kappa shape index (κ1) is 16.1. The predicted octanol–water partition coefficient (Wildman–Crippen LogP) is 3.38. The van der Waals surface area contributed by atoms with Crippen molar-refractivity contribution < 1.29 is 4.79 Å². The summed E-state index contributed by atoms with van der Waals surface area (Å²) in [6.45, 7) is 2.51. The van der Waals surface area contributed by atoms with Gasteiger partial charge in [0.05, 0.1) is 30.2 Å². The molecule has 0 saturated carbocycles. The third-order valence-corrected chi connectivity index (χ3v) is 4.58. The molecule has 0 aliphatic rings. The van der Waals surface area contributed by atoms with Gasteiger partial charge in [-0.2, -0.15) is 10.2 Å². The van der Waals surface area contributed by atoms with Crippen LogP contribution in [0, 0.1) is 6.92 Å². The Labute approximate surface area is 151 Å². The number of anilines is 1. The highest BCUT2D eigenvalue weighted by molar-refractivity contribution is 6.04. The number of carbonyl (C=O) groups excluding carboxylic acids is 1. The minimum atomic E-state index is -0.180. The molecule has 0 saturated heterocycles.